The lowest BCUT2D eigenvalue weighted by Crippen LogP contribution is -2.13. The van der Waals surface area contributed by atoms with E-state index < -0.39 is 5.97 Å². The molecule has 0 aliphatic rings. The van der Waals surface area contributed by atoms with Gasteiger partial charge in [0.25, 0.3) is 0 Å². The van der Waals surface area contributed by atoms with E-state index in [-0.39, 0.29) is 12.0 Å². The normalized spacial score (nSPS) is 11.0. The Morgan fingerprint density at radius 2 is 2.09 bits per heavy atom. The number of nitrogens with one attached hydrogen (secondary N) is 1. The molecule has 22 heavy (non-hydrogen) atoms. The first kappa shape index (κ1) is 16.5. The van der Waals surface area contributed by atoms with E-state index in [2.05, 4.69) is 5.32 Å². The van der Waals surface area contributed by atoms with Crippen LogP contribution in [0.1, 0.15) is 36.4 Å². The Kier molecular flexibility index (Phi) is 5.51. The molecule has 0 radical (unpaired) electrons. The zero-order valence-electron chi connectivity index (χ0n) is 12.6. The third kappa shape index (κ3) is 4.54. The summed E-state index contributed by atoms with van der Waals surface area (Å²) in [6.07, 6.45) is 1.25. The van der Waals surface area contributed by atoms with Crippen molar-refractivity contribution in [2.75, 3.05) is 11.9 Å². The summed E-state index contributed by atoms with van der Waals surface area (Å²) in [5, 5.41) is 12.6. The summed E-state index contributed by atoms with van der Waals surface area (Å²) in [6.45, 7) is 4.49. The Bertz CT molecular complexity index is 678. The predicted molar refractivity (Wildman–Crippen MR) is 87.7 cm³/mol. The van der Waals surface area contributed by atoms with Gasteiger partial charge < -0.3 is 15.2 Å². The summed E-state index contributed by atoms with van der Waals surface area (Å²) in [5.74, 6) is -1.00. The standard InChI is InChI=1S/C16H19NO4S/c1-10(2)21-7-3-4-15(18)17-12-5-6-13-11(8-12)9-14(22-13)16(19)20/h5-6,8-10H,3-4,7H2,1-2H3,(H,17,18)(H,19,20). The Labute approximate surface area is 132 Å². The van der Waals surface area contributed by atoms with Crippen molar-refractivity contribution in [3.05, 3.63) is 29.1 Å². The van der Waals surface area contributed by atoms with Crippen LogP contribution in [0.15, 0.2) is 24.3 Å². The highest BCUT2D eigenvalue weighted by molar-refractivity contribution is 7.20. The van der Waals surface area contributed by atoms with Crippen molar-refractivity contribution < 1.29 is 19.4 Å². The molecule has 0 bridgehead atoms. The van der Waals surface area contributed by atoms with Crippen molar-refractivity contribution in [1.82, 2.24) is 0 Å². The van der Waals surface area contributed by atoms with Crippen LogP contribution in [0.5, 0.6) is 0 Å². The molecule has 0 saturated carbocycles. The third-order valence-corrected chi connectivity index (χ3v) is 4.11. The minimum atomic E-state index is -0.933. The fourth-order valence-corrected chi connectivity index (χ4v) is 2.88. The number of anilines is 1. The van der Waals surface area contributed by atoms with Crippen molar-refractivity contribution in [3.8, 4) is 0 Å². The largest absolute Gasteiger partial charge is 0.477 e. The van der Waals surface area contributed by atoms with Crippen molar-refractivity contribution >= 4 is 39.0 Å². The van der Waals surface area contributed by atoms with Gasteiger partial charge in [-0.25, -0.2) is 4.79 Å². The molecule has 0 aliphatic heterocycles. The first-order valence-electron chi connectivity index (χ1n) is 7.14. The number of amides is 1. The van der Waals surface area contributed by atoms with Gasteiger partial charge in [-0.2, -0.15) is 0 Å². The molecule has 2 aromatic rings. The smallest absolute Gasteiger partial charge is 0.345 e. The molecule has 1 amide bonds. The lowest BCUT2D eigenvalue weighted by atomic mass is 10.2. The van der Waals surface area contributed by atoms with Crippen LogP contribution in [0.25, 0.3) is 10.1 Å². The molecular formula is C16H19NO4S. The lowest BCUT2D eigenvalue weighted by Gasteiger charge is -2.08. The molecule has 0 spiro atoms. The van der Waals surface area contributed by atoms with Crippen molar-refractivity contribution in [2.24, 2.45) is 0 Å². The molecule has 0 saturated heterocycles. The molecule has 118 valence electrons. The minimum Gasteiger partial charge on any atom is -0.477 e. The lowest BCUT2D eigenvalue weighted by molar-refractivity contribution is -0.116. The Balaban J connectivity index is 1.93. The molecule has 1 aromatic carbocycles. The first-order chi connectivity index (χ1) is 10.5. The average Bonchev–Trinajstić information content (AvgIpc) is 2.87. The van der Waals surface area contributed by atoms with Crippen LogP contribution < -0.4 is 5.32 Å². The Morgan fingerprint density at radius 3 is 2.77 bits per heavy atom. The molecule has 0 atom stereocenters. The van der Waals surface area contributed by atoms with Gasteiger partial charge >= 0.3 is 5.97 Å². The second kappa shape index (κ2) is 7.38. The number of rotatable bonds is 7. The zero-order valence-corrected chi connectivity index (χ0v) is 13.4. The van der Waals surface area contributed by atoms with Crippen LogP contribution in [0.2, 0.25) is 0 Å². The molecule has 0 unspecified atom stereocenters. The van der Waals surface area contributed by atoms with Gasteiger partial charge in [0.1, 0.15) is 4.88 Å². The van der Waals surface area contributed by atoms with Gasteiger partial charge in [0, 0.05) is 23.4 Å². The number of carboxylic acid groups (broad SMARTS) is 1. The molecule has 5 nitrogen and oxygen atoms in total. The number of aromatic carboxylic acids is 1. The van der Waals surface area contributed by atoms with Crippen molar-refractivity contribution in [2.45, 2.75) is 32.8 Å². The van der Waals surface area contributed by atoms with Gasteiger partial charge in [0.15, 0.2) is 0 Å². The van der Waals surface area contributed by atoms with E-state index >= 15 is 0 Å². The Hall–Kier alpha value is -1.92. The van der Waals surface area contributed by atoms with Gasteiger partial charge in [-0.3, -0.25) is 4.79 Å². The quantitative estimate of drug-likeness (QED) is 0.762. The molecule has 6 heteroatoms. The molecule has 1 aromatic heterocycles. The van der Waals surface area contributed by atoms with Gasteiger partial charge in [0.05, 0.1) is 6.10 Å². The molecule has 1 heterocycles. The molecule has 0 fully saturated rings. The predicted octanol–water partition coefficient (Wildman–Crippen LogP) is 3.74. The number of carbonyl (C=O) groups is 2. The average molecular weight is 321 g/mol. The monoisotopic (exact) mass is 321 g/mol. The first-order valence-corrected chi connectivity index (χ1v) is 7.95. The Morgan fingerprint density at radius 1 is 1.32 bits per heavy atom. The summed E-state index contributed by atoms with van der Waals surface area (Å²) in [6, 6.07) is 7.02. The maximum absolute atomic E-state index is 11.8. The number of benzene rings is 1. The summed E-state index contributed by atoms with van der Waals surface area (Å²) < 4.78 is 6.28. The number of fused-ring (bicyclic) bond motifs is 1. The van der Waals surface area contributed by atoms with Crippen LogP contribution in [-0.4, -0.2) is 29.7 Å². The number of thiophene rings is 1. The highest BCUT2D eigenvalue weighted by atomic mass is 32.1. The van der Waals surface area contributed by atoms with Gasteiger partial charge in [-0.05, 0) is 49.9 Å². The fourth-order valence-electron chi connectivity index (χ4n) is 2.00. The van der Waals surface area contributed by atoms with E-state index in [1.54, 1.807) is 18.2 Å². The van der Waals surface area contributed by atoms with E-state index in [1.165, 1.54) is 11.3 Å². The zero-order chi connectivity index (χ0) is 16.1. The van der Waals surface area contributed by atoms with Crippen molar-refractivity contribution in [1.29, 1.82) is 0 Å². The van der Waals surface area contributed by atoms with Crippen LogP contribution in [0, 0.1) is 0 Å². The van der Waals surface area contributed by atoms with Crippen molar-refractivity contribution in [3.63, 3.8) is 0 Å². The van der Waals surface area contributed by atoms with Crippen LogP contribution in [0.3, 0.4) is 0 Å². The minimum absolute atomic E-state index is 0.0691. The molecule has 2 rings (SSSR count). The maximum atomic E-state index is 11.8. The van der Waals surface area contributed by atoms with E-state index in [0.29, 0.717) is 30.0 Å². The molecular weight excluding hydrogens is 302 g/mol. The second-order valence-electron chi connectivity index (χ2n) is 5.24. The fraction of sp³-hybridized carbons (Fsp3) is 0.375. The summed E-state index contributed by atoms with van der Waals surface area (Å²) in [4.78, 5) is 23.1. The third-order valence-electron chi connectivity index (χ3n) is 3.01. The number of ether oxygens (including phenoxy) is 1. The second-order valence-corrected chi connectivity index (χ2v) is 6.32. The van der Waals surface area contributed by atoms with Gasteiger partial charge in [-0.1, -0.05) is 0 Å². The van der Waals surface area contributed by atoms with Crippen LogP contribution >= 0.6 is 11.3 Å². The topological polar surface area (TPSA) is 75.6 Å². The number of carboxylic acids is 1. The van der Waals surface area contributed by atoms with E-state index in [1.807, 2.05) is 19.9 Å². The highest BCUT2D eigenvalue weighted by Gasteiger charge is 2.09. The summed E-state index contributed by atoms with van der Waals surface area (Å²) in [5.41, 5.74) is 0.678. The van der Waals surface area contributed by atoms with E-state index in [0.717, 1.165) is 10.1 Å². The van der Waals surface area contributed by atoms with Crippen LogP contribution in [0.4, 0.5) is 5.69 Å². The summed E-state index contributed by atoms with van der Waals surface area (Å²) in [7, 11) is 0. The molecule has 2 N–H and O–H groups in total. The van der Waals surface area contributed by atoms with E-state index in [9.17, 15) is 9.59 Å². The molecule has 0 aliphatic carbocycles. The number of hydrogen-bond acceptors (Lipinski definition) is 4. The summed E-state index contributed by atoms with van der Waals surface area (Å²) >= 11 is 1.22. The number of hydrogen-bond donors (Lipinski definition) is 2. The maximum Gasteiger partial charge on any atom is 0.345 e. The van der Waals surface area contributed by atoms with E-state index in [4.69, 9.17) is 9.84 Å². The number of carbonyl (C=O) groups excluding carboxylic acids is 1. The van der Waals surface area contributed by atoms with Gasteiger partial charge in [0.2, 0.25) is 5.91 Å². The van der Waals surface area contributed by atoms with Gasteiger partial charge in [-0.15, -0.1) is 11.3 Å². The van der Waals surface area contributed by atoms with Crippen LogP contribution in [-0.2, 0) is 9.53 Å². The SMILES string of the molecule is CC(C)OCCCC(=O)Nc1ccc2sc(C(=O)O)cc2c1. The highest BCUT2D eigenvalue weighted by Crippen LogP contribution is 2.28.